The zero-order valence-electron chi connectivity index (χ0n) is 15.2. The van der Waals surface area contributed by atoms with Crippen molar-refractivity contribution in [3.63, 3.8) is 0 Å². The van der Waals surface area contributed by atoms with Gasteiger partial charge < -0.3 is 9.84 Å². The van der Waals surface area contributed by atoms with Crippen molar-refractivity contribution in [3.8, 4) is 0 Å². The predicted molar refractivity (Wildman–Crippen MR) is 95.4 cm³/mol. The van der Waals surface area contributed by atoms with Crippen LogP contribution in [0.3, 0.4) is 0 Å². The number of anilines is 1. The summed E-state index contributed by atoms with van der Waals surface area (Å²) in [6.07, 6.45) is 7.03. The van der Waals surface area contributed by atoms with Gasteiger partial charge in [0.1, 0.15) is 5.76 Å². The molecule has 0 aliphatic carbocycles. The van der Waals surface area contributed by atoms with Crippen LogP contribution in [0, 0.1) is 6.92 Å². The Morgan fingerprint density at radius 2 is 2.16 bits per heavy atom. The van der Waals surface area contributed by atoms with Crippen molar-refractivity contribution in [2.75, 3.05) is 18.4 Å². The van der Waals surface area contributed by atoms with Gasteiger partial charge in [-0.3, -0.25) is 14.4 Å². The van der Waals surface area contributed by atoms with E-state index in [0.29, 0.717) is 17.5 Å². The van der Waals surface area contributed by atoms with Crippen molar-refractivity contribution in [1.82, 2.24) is 19.8 Å². The second kappa shape index (κ2) is 7.82. The van der Waals surface area contributed by atoms with Gasteiger partial charge in [0.2, 0.25) is 5.91 Å². The van der Waals surface area contributed by atoms with Crippen LogP contribution in [-0.2, 0) is 11.3 Å². The van der Waals surface area contributed by atoms with E-state index < -0.39 is 0 Å². The van der Waals surface area contributed by atoms with Crippen LogP contribution in [0.2, 0.25) is 0 Å². The summed E-state index contributed by atoms with van der Waals surface area (Å²) in [5.74, 6) is 1.71. The molecule has 25 heavy (non-hydrogen) atoms. The van der Waals surface area contributed by atoms with E-state index in [-0.39, 0.29) is 11.9 Å². The Hall–Kier alpha value is -2.15. The van der Waals surface area contributed by atoms with E-state index in [1.165, 1.54) is 5.56 Å². The van der Waals surface area contributed by atoms with Crippen LogP contribution in [-0.4, -0.2) is 44.9 Å². The topological polar surface area (TPSA) is 76.2 Å². The third-order valence-corrected chi connectivity index (χ3v) is 4.99. The number of hydrogen-bond acceptors (Lipinski definition) is 5. The molecule has 0 spiro atoms. The van der Waals surface area contributed by atoms with Crippen LogP contribution in [0.25, 0.3) is 0 Å². The molecule has 0 saturated carbocycles. The van der Waals surface area contributed by atoms with Crippen molar-refractivity contribution < 1.29 is 9.32 Å². The van der Waals surface area contributed by atoms with E-state index in [9.17, 15) is 4.79 Å². The van der Waals surface area contributed by atoms with E-state index in [0.717, 1.165) is 38.9 Å². The van der Waals surface area contributed by atoms with Crippen molar-refractivity contribution in [3.05, 3.63) is 29.8 Å². The zero-order chi connectivity index (χ0) is 17.8. The number of carbonyl (C=O) groups excluding carboxylic acids is 1. The normalized spacial score (nSPS) is 17.6. The van der Waals surface area contributed by atoms with E-state index in [1.807, 2.05) is 17.8 Å². The van der Waals surface area contributed by atoms with Crippen LogP contribution in [0.5, 0.6) is 0 Å². The van der Waals surface area contributed by atoms with E-state index in [1.54, 1.807) is 6.07 Å². The highest BCUT2D eigenvalue weighted by molar-refractivity contribution is 5.94. The molecular weight excluding hydrogens is 318 g/mol. The average molecular weight is 345 g/mol. The number of rotatable bonds is 6. The van der Waals surface area contributed by atoms with Gasteiger partial charge in [-0.05, 0) is 57.7 Å². The van der Waals surface area contributed by atoms with Gasteiger partial charge in [0.25, 0.3) is 0 Å². The number of piperidine rings is 1. The SMILES string of the molecule is CC[C@H](C(=O)Nc1cc(C)on1)N1CCC(c2cnn(CC)c2)CC1. The van der Waals surface area contributed by atoms with Crippen molar-refractivity contribution in [2.24, 2.45) is 0 Å². The summed E-state index contributed by atoms with van der Waals surface area (Å²) in [5.41, 5.74) is 1.32. The number of likely N-dealkylation sites (tertiary alicyclic amines) is 1. The lowest BCUT2D eigenvalue weighted by molar-refractivity contribution is -0.121. The molecule has 1 fully saturated rings. The fraction of sp³-hybridized carbons (Fsp3) is 0.611. The first kappa shape index (κ1) is 17.7. The molecule has 3 rings (SSSR count). The molecule has 3 heterocycles. The van der Waals surface area contributed by atoms with Gasteiger partial charge in [-0.2, -0.15) is 5.10 Å². The average Bonchev–Trinajstić information content (AvgIpc) is 3.25. The fourth-order valence-electron chi connectivity index (χ4n) is 3.55. The molecule has 2 aromatic heterocycles. The molecule has 0 aromatic carbocycles. The Morgan fingerprint density at radius 3 is 2.72 bits per heavy atom. The van der Waals surface area contributed by atoms with Crippen molar-refractivity contribution in [2.45, 2.75) is 58.5 Å². The van der Waals surface area contributed by atoms with Crippen LogP contribution >= 0.6 is 0 Å². The Bertz CT molecular complexity index is 700. The minimum atomic E-state index is -0.128. The summed E-state index contributed by atoms with van der Waals surface area (Å²) in [7, 11) is 0. The standard InChI is InChI=1S/C18H27N5O2/c1-4-16(18(24)20-17-10-13(3)25-21-17)22-8-6-14(7-9-22)15-11-19-23(5-2)12-15/h10-12,14,16H,4-9H2,1-3H3,(H,20,21,24)/t16-/m1/s1. The first-order valence-corrected chi connectivity index (χ1v) is 9.11. The largest absolute Gasteiger partial charge is 0.360 e. The van der Waals surface area contributed by atoms with E-state index in [4.69, 9.17) is 4.52 Å². The molecule has 0 radical (unpaired) electrons. The fourth-order valence-corrected chi connectivity index (χ4v) is 3.55. The first-order valence-electron chi connectivity index (χ1n) is 9.11. The van der Waals surface area contributed by atoms with Crippen molar-refractivity contribution in [1.29, 1.82) is 0 Å². The molecule has 1 atom stereocenters. The minimum Gasteiger partial charge on any atom is -0.360 e. The first-order chi connectivity index (χ1) is 12.1. The number of nitrogens with one attached hydrogen (secondary N) is 1. The second-order valence-electron chi connectivity index (χ2n) is 6.68. The summed E-state index contributed by atoms with van der Waals surface area (Å²) in [4.78, 5) is 14.9. The number of aromatic nitrogens is 3. The highest BCUT2D eigenvalue weighted by atomic mass is 16.5. The minimum absolute atomic E-state index is 0.00643. The Balaban J connectivity index is 1.57. The summed E-state index contributed by atoms with van der Waals surface area (Å²) in [6.45, 7) is 8.71. The zero-order valence-corrected chi connectivity index (χ0v) is 15.2. The van der Waals surface area contributed by atoms with Gasteiger partial charge in [-0.15, -0.1) is 0 Å². The third-order valence-electron chi connectivity index (χ3n) is 4.99. The van der Waals surface area contributed by atoms with Gasteiger partial charge in [0, 0.05) is 18.8 Å². The van der Waals surface area contributed by atoms with Crippen molar-refractivity contribution >= 4 is 11.7 Å². The van der Waals surface area contributed by atoms with Gasteiger partial charge >= 0.3 is 0 Å². The second-order valence-corrected chi connectivity index (χ2v) is 6.68. The molecular formula is C18H27N5O2. The van der Waals surface area contributed by atoms with Gasteiger partial charge in [0.15, 0.2) is 5.82 Å². The maximum atomic E-state index is 12.6. The van der Waals surface area contributed by atoms with E-state index in [2.05, 4.69) is 40.5 Å². The Labute approximate surface area is 148 Å². The molecule has 2 aromatic rings. The lowest BCUT2D eigenvalue weighted by Crippen LogP contribution is -2.47. The molecule has 7 heteroatoms. The molecule has 1 N–H and O–H groups in total. The van der Waals surface area contributed by atoms with Crippen LogP contribution in [0.1, 0.15) is 50.4 Å². The molecule has 1 saturated heterocycles. The summed E-state index contributed by atoms with van der Waals surface area (Å²) >= 11 is 0. The number of aryl methyl sites for hydroxylation is 2. The van der Waals surface area contributed by atoms with E-state index >= 15 is 0 Å². The summed E-state index contributed by atoms with van der Waals surface area (Å²) in [5, 5.41) is 11.1. The predicted octanol–water partition coefficient (Wildman–Crippen LogP) is 2.80. The lowest BCUT2D eigenvalue weighted by Gasteiger charge is -2.36. The van der Waals surface area contributed by atoms with Gasteiger partial charge in [-0.25, -0.2) is 0 Å². The molecule has 136 valence electrons. The molecule has 7 nitrogen and oxygen atoms in total. The quantitative estimate of drug-likeness (QED) is 0.871. The molecule has 1 amide bonds. The molecule has 0 bridgehead atoms. The van der Waals surface area contributed by atoms with Crippen LogP contribution in [0.15, 0.2) is 23.0 Å². The maximum Gasteiger partial charge on any atom is 0.242 e. The third kappa shape index (κ3) is 4.10. The van der Waals surface area contributed by atoms with Gasteiger partial charge in [-0.1, -0.05) is 12.1 Å². The number of hydrogen-bond donors (Lipinski definition) is 1. The highest BCUT2D eigenvalue weighted by Gasteiger charge is 2.30. The molecule has 1 aliphatic heterocycles. The summed E-state index contributed by atoms with van der Waals surface area (Å²) in [6, 6.07) is 1.61. The molecule has 1 aliphatic rings. The highest BCUT2D eigenvalue weighted by Crippen LogP contribution is 2.29. The molecule has 0 unspecified atom stereocenters. The Kier molecular flexibility index (Phi) is 5.53. The van der Waals surface area contributed by atoms with Crippen LogP contribution in [0.4, 0.5) is 5.82 Å². The Morgan fingerprint density at radius 1 is 1.40 bits per heavy atom. The number of carbonyl (C=O) groups is 1. The number of amides is 1. The smallest absolute Gasteiger partial charge is 0.242 e. The monoisotopic (exact) mass is 345 g/mol. The summed E-state index contributed by atoms with van der Waals surface area (Å²) < 4.78 is 6.99. The maximum absolute atomic E-state index is 12.6. The van der Waals surface area contributed by atoms with Gasteiger partial charge in [0.05, 0.1) is 12.2 Å². The lowest BCUT2D eigenvalue weighted by atomic mass is 9.90. The number of nitrogens with zero attached hydrogens (tertiary/aromatic N) is 4. The van der Waals surface area contributed by atoms with Crippen LogP contribution < -0.4 is 5.32 Å².